The van der Waals surface area contributed by atoms with Crippen LogP contribution in [0.15, 0.2) is 24.3 Å². The minimum Gasteiger partial charge on any atom is -0.303 e. The molecule has 1 nitrogen and oxygen atoms in total. The molecule has 0 amide bonds. The predicted octanol–water partition coefficient (Wildman–Crippen LogP) is 2.89. The van der Waals surface area contributed by atoms with Crippen LogP contribution in [0.3, 0.4) is 0 Å². The standard InChI is InChI=1S/C9H11F3O/c1-7(6-13)4-3-5-8(2)9(10,11)12/h3,5-7H,2,4H2,1H3/b5-3-/t7-/m1/s1. The van der Waals surface area contributed by atoms with Gasteiger partial charge in [-0.15, -0.1) is 0 Å². The Labute approximate surface area is 74.9 Å². The van der Waals surface area contributed by atoms with E-state index in [9.17, 15) is 18.0 Å². The van der Waals surface area contributed by atoms with Gasteiger partial charge in [0, 0.05) is 11.5 Å². The van der Waals surface area contributed by atoms with E-state index in [1.807, 2.05) is 0 Å². The second kappa shape index (κ2) is 4.84. The number of aldehydes is 1. The van der Waals surface area contributed by atoms with Crippen molar-refractivity contribution in [2.24, 2.45) is 5.92 Å². The molecule has 13 heavy (non-hydrogen) atoms. The monoisotopic (exact) mass is 192 g/mol. The van der Waals surface area contributed by atoms with E-state index >= 15 is 0 Å². The Morgan fingerprint density at radius 1 is 1.54 bits per heavy atom. The maximum Gasteiger partial charge on any atom is 0.415 e. The lowest BCUT2D eigenvalue weighted by molar-refractivity contribution is -0.110. The molecule has 0 aliphatic heterocycles. The molecule has 0 fully saturated rings. The maximum absolute atomic E-state index is 11.8. The quantitative estimate of drug-likeness (QED) is 0.494. The summed E-state index contributed by atoms with van der Waals surface area (Å²) < 4.78 is 35.5. The molecule has 0 unspecified atom stereocenters. The molecule has 0 aromatic carbocycles. The van der Waals surface area contributed by atoms with E-state index in [0.29, 0.717) is 12.7 Å². The van der Waals surface area contributed by atoms with Gasteiger partial charge in [0.15, 0.2) is 0 Å². The Balaban J connectivity index is 4.00. The van der Waals surface area contributed by atoms with Gasteiger partial charge in [0.25, 0.3) is 0 Å². The van der Waals surface area contributed by atoms with Crippen LogP contribution in [0.1, 0.15) is 13.3 Å². The van der Waals surface area contributed by atoms with Crippen molar-refractivity contribution >= 4 is 6.29 Å². The number of hydrogen-bond acceptors (Lipinski definition) is 1. The normalized spacial score (nSPS) is 14.5. The molecule has 0 aromatic rings. The van der Waals surface area contributed by atoms with Gasteiger partial charge in [0.2, 0.25) is 0 Å². The lowest BCUT2D eigenvalue weighted by atomic mass is 10.1. The smallest absolute Gasteiger partial charge is 0.303 e. The van der Waals surface area contributed by atoms with Crippen molar-refractivity contribution in [1.29, 1.82) is 0 Å². The summed E-state index contributed by atoms with van der Waals surface area (Å²) in [6, 6.07) is 0. The van der Waals surface area contributed by atoms with E-state index in [-0.39, 0.29) is 5.92 Å². The fourth-order valence-corrected chi connectivity index (χ4v) is 0.575. The van der Waals surface area contributed by atoms with E-state index in [1.54, 1.807) is 6.92 Å². The molecule has 0 aliphatic carbocycles. The Kier molecular flexibility index (Phi) is 4.45. The first kappa shape index (κ1) is 11.9. The highest BCUT2D eigenvalue weighted by atomic mass is 19.4. The third-order valence-corrected chi connectivity index (χ3v) is 1.42. The average Bonchev–Trinajstić information content (AvgIpc) is 2.02. The van der Waals surface area contributed by atoms with Gasteiger partial charge in [-0.3, -0.25) is 0 Å². The van der Waals surface area contributed by atoms with Crippen LogP contribution >= 0.6 is 0 Å². The summed E-state index contributed by atoms with van der Waals surface area (Å²) in [5.74, 6) is -0.253. The van der Waals surface area contributed by atoms with E-state index in [2.05, 4.69) is 6.58 Å². The van der Waals surface area contributed by atoms with Gasteiger partial charge in [-0.1, -0.05) is 25.7 Å². The third kappa shape index (κ3) is 5.22. The zero-order valence-electron chi connectivity index (χ0n) is 7.27. The molecule has 0 radical (unpaired) electrons. The topological polar surface area (TPSA) is 17.1 Å². The summed E-state index contributed by atoms with van der Waals surface area (Å²) >= 11 is 0. The SMILES string of the molecule is C=C(/C=C\C[C@@H](C)C=O)C(F)(F)F. The molecule has 0 spiro atoms. The van der Waals surface area contributed by atoms with Gasteiger partial charge in [0.1, 0.15) is 6.29 Å². The summed E-state index contributed by atoms with van der Waals surface area (Å²) in [5.41, 5.74) is -0.898. The van der Waals surface area contributed by atoms with Crippen LogP contribution in [0.25, 0.3) is 0 Å². The minimum absolute atomic E-state index is 0.253. The first-order valence-corrected chi connectivity index (χ1v) is 3.76. The highest BCUT2D eigenvalue weighted by Gasteiger charge is 2.29. The molecule has 0 heterocycles. The van der Waals surface area contributed by atoms with E-state index < -0.39 is 11.7 Å². The summed E-state index contributed by atoms with van der Waals surface area (Å²) in [5, 5.41) is 0. The highest BCUT2D eigenvalue weighted by molar-refractivity contribution is 5.53. The van der Waals surface area contributed by atoms with Crippen molar-refractivity contribution in [3.63, 3.8) is 0 Å². The minimum atomic E-state index is -4.37. The van der Waals surface area contributed by atoms with Crippen molar-refractivity contribution in [3.05, 3.63) is 24.3 Å². The number of hydrogen-bond donors (Lipinski definition) is 0. The highest BCUT2D eigenvalue weighted by Crippen LogP contribution is 2.24. The molecule has 4 heteroatoms. The van der Waals surface area contributed by atoms with Gasteiger partial charge in [-0.05, 0) is 6.42 Å². The number of rotatable bonds is 4. The molecule has 1 atom stereocenters. The Bertz CT molecular complexity index is 215. The third-order valence-electron chi connectivity index (χ3n) is 1.42. The van der Waals surface area contributed by atoms with Crippen LogP contribution in [0.2, 0.25) is 0 Å². The molecule has 0 saturated heterocycles. The summed E-state index contributed by atoms with van der Waals surface area (Å²) in [6.45, 7) is 4.48. The molecule has 0 saturated carbocycles. The summed E-state index contributed by atoms with van der Waals surface area (Å²) in [6.07, 6.45) is -1.19. The zero-order valence-corrected chi connectivity index (χ0v) is 7.27. The van der Waals surface area contributed by atoms with Gasteiger partial charge in [-0.25, -0.2) is 0 Å². The number of carbonyl (C=O) groups is 1. The maximum atomic E-state index is 11.8. The molecule has 74 valence electrons. The van der Waals surface area contributed by atoms with Crippen LogP contribution in [0.5, 0.6) is 0 Å². The summed E-state index contributed by atoms with van der Waals surface area (Å²) in [4.78, 5) is 10.1. The Hall–Kier alpha value is -1.06. The lowest BCUT2D eigenvalue weighted by Gasteiger charge is -2.04. The van der Waals surface area contributed by atoms with E-state index in [1.165, 1.54) is 6.08 Å². The molecule has 0 rings (SSSR count). The zero-order chi connectivity index (χ0) is 10.5. The fourth-order valence-electron chi connectivity index (χ4n) is 0.575. The van der Waals surface area contributed by atoms with Crippen molar-refractivity contribution in [2.75, 3.05) is 0 Å². The predicted molar refractivity (Wildman–Crippen MR) is 44.2 cm³/mol. The van der Waals surface area contributed by atoms with Crippen molar-refractivity contribution in [3.8, 4) is 0 Å². The molecule has 0 aromatic heterocycles. The van der Waals surface area contributed by atoms with Gasteiger partial charge >= 0.3 is 6.18 Å². The molecule has 0 N–H and O–H groups in total. The Morgan fingerprint density at radius 2 is 2.08 bits per heavy atom. The second-order valence-corrected chi connectivity index (χ2v) is 2.77. The van der Waals surface area contributed by atoms with Crippen molar-refractivity contribution in [2.45, 2.75) is 19.5 Å². The first-order chi connectivity index (χ1) is 5.88. The number of carbonyl (C=O) groups excluding carboxylic acids is 1. The number of alkyl halides is 3. The molecule has 0 aliphatic rings. The molecule has 0 bridgehead atoms. The first-order valence-electron chi connectivity index (χ1n) is 3.76. The molecular formula is C9H11F3O. The number of halogens is 3. The van der Waals surface area contributed by atoms with Crippen molar-refractivity contribution < 1.29 is 18.0 Å². The van der Waals surface area contributed by atoms with E-state index in [4.69, 9.17) is 0 Å². The Morgan fingerprint density at radius 3 is 2.46 bits per heavy atom. The van der Waals surface area contributed by atoms with Crippen LogP contribution < -0.4 is 0 Å². The van der Waals surface area contributed by atoms with Crippen LogP contribution in [0, 0.1) is 5.92 Å². The van der Waals surface area contributed by atoms with E-state index in [0.717, 1.165) is 6.08 Å². The van der Waals surface area contributed by atoms with Crippen LogP contribution in [-0.2, 0) is 4.79 Å². The molecular weight excluding hydrogens is 181 g/mol. The lowest BCUT2D eigenvalue weighted by Crippen LogP contribution is -2.08. The number of allylic oxidation sites excluding steroid dienone is 3. The van der Waals surface area contributed by atoms with Gasteiger partial charge < -0.3 is 4.79 Å². The average molecular weight is 192 g/mol. The summed E-state index contributed by atoms with van der Waals surface area (Å²) in [7, 11) is 0. The van der Waals surface area contributed by atoms with Gasteiger partial charge in [-0.2, -0.15) is 13.2 Å². The van der Waals surface area contributed by atoms with Crippen molar-refractivity contribution in [1.82, 2.24) is 0 Å². The van der Waals surface area contributed by atoms with Gasteiger partial charge in [0.05, 0.1) is 0 Å². The fraction of sp³-hybridized carbons (Fsp3) is 0.444. The van der Waals surface area contributed by atoms with Crippen LogP contribution in [-0.4, -0.2) is 12.5 Å². The largest absolute Gasteiger partial charge is 0.415 e. The second-order valence-electron chi connectivity index (χ2n) is 2.77. The van der Waals surface area contributed by atoms with Crippen LogP contribution in [0.4, 0.5) is 13.2 Å².